The number of alkyl halides is 3. The molecule has 0 aliphatic heterocycles. The van der Waals surface area contributed by atoms with E-state index < -0.39 is 30.7 Å². The van der Waals surface area contributed by atoms with Crippen molar-refractivity contribution in [3.8, 4) is 11.1 Å². The van der Waals surface area contributed by atoms with Gasteiger partial charge in [-0.1, -0.05) is 48.5 Å². The number of rotatable bonds is 7. The van der Waals surface area contributed by atoms with E-state index in [0.29, 0.717) is 0 Å². The van der Waals surface area contributed by atoms with Gasteiger partial charge in [0.05, 0.1) is 0 Å². The zero-order valence-electron chi connectivity index (χ0n) is 16.4. The molecule has 0 aromatic heterocycles. The van der Waals surface area contributed by atoms with Crippen LogP contribution in [0.1, 0.15) is 36.3 Å². The molecule has 2 aromatic carbocycles. The average Bonchev–Trinajstić information content (AvgIpc) is 3.02. The van der Waals surface area contributed by atoms with Crippen LogP contribution in [0.4, 0.5) is 18.0 Å². The molecule has 0 heterocycles. The van der Waals surface area contributed by atoms with Gasteiger partial charge in [-0.05, 0) is 35.1 Å². The Bertz CT molecular complexity index is 883. The van der Waals surface area contributed by atoms with Crippen LogP contribution in [-0.4, -0.2) is 47.9 Å². The molecule has 0 unspecified atom stereocenters. The fourth-order valence-corrected chi connectivity index (χ4v) is 3.80. The van der Waals surface area contributed by atoms with Crippen molar-refractivity contribution in [1.29, 1.82) is 0 Å². The Hall–Kier alpha value is -3.03. The van der Waals surface area contributed by atoms with Crippen LogP contribution in [-0.2, 0) is 9.53 Å². The second kappa shape index (κ2) is 8.77. The summed E-state index contributed by atoms with van der Waals surface area (Å²) in [4.78, 5) is 24.8. The first-order valence-corrected chi connectivity index (χ1v) is 9.56. The first kappa shape index (κ1) is 21.7. The maximum atomic E-state index is 12.4. The molecule has 0 bridgehead atoms. The zero-order valence-corrected chi connectivity index (χ0v) is 16.4. The number of halogens is 3. The van der Waals surface area contributed by atoms with Crippen molar-refractivity contribution in [1.82, 2.24) is 4.90 Å². The number of hydrogen-bond donors (Lipinski definition) is 1. The first-order valence-electron chi connectivity index (χ1n) is 9.56. The molecule has 1 atom stereocenters. The third-order valence-corrected chi connectivity index (χ3v) is 5.31. The van der Waals surface area contributed by atoms with Gasteiger partial charge in [0.25, 0.3) is 0 Å². The molecule has 0 radical (unpaired) electrons. The van der Waals surface area contributed by atoms with Gasteiger partial charge in [0.15, 0.2) is 0 Å². The van der Waals surface area contributed by atoms with E-state index in [-0.39, 0.29) is 25.4 Å². The van der Waals surface area contributed by atoms with E-state index in [1.165, 1.54) is 7.05 Å². The maximum absolute atomic E-state index is 12.4. The average molecular weight is 421 g/mol. The number of carboxylic acids is 1. The normalized spacial score (nSPS) is 14.0. The SMILES string of the molecule is CN(C(=O)OCC1c2ccccc2-c2ccccc21)[C@@H](CCCC(F)(F)F)C(=O)O. The van der Waals surface area contributed by atoms with E-state index in [1.54, 1.807) is 0 Å². The molecule has 1 aliphatic rings. The summed E-state index contributed by atoms with van der Waals surface area (Å²) in [6.07, 6.45) is -7.05. The second-order valence-electron chi connectivity index (χ2n) is 7.28. The smallest absolute Gasteiger partial charge is 0.410 e. The van der Waals surface area contributed by atoms with Crippen molar-refractivity contribution >= 4 is 12.1 Å². The third-order valence-electron chi connectivity index (χ3n) is 5.31. The Balaban J connectivity index is 1.66. The maximum Gasteiger partial charge on any atom is 0.410 e. The van der Waals surface area contributed by atoms with Gasteiger partial charge in [-0.3, -0.25) is 4.90 Å². The number of carbonyl (C=O) groups excluding carboxylic acids is 1. The molecule has 8 heteroatoms. The molecule has 5 nitrogen and oxygen atoms in total. The molecule has 0 fully saturated rings. The number of hydrogen-bond acceptors (Lipinski definition) is 3. The summed E-state index contributed by atoms with van der Waals surface area (Å²) in [5.74, 6) is -1.56. The number of nitrogens with zero attached hydrogens (tertiary/aromatic N) is 1. The molecule has 1 aliphatic carbocycles. The van der Waals surface area contributed by atoms with E-state index >= 15 is 0 Å². The number of fused-ring (bicyclic) bond motifs is 3. The van der Waals surface area contributed by atoms with Crippen LogP contribution in [0.2, 0.25) is 0 Å². The molecule has 1 N–H and O–H groups in total. The lowest BCUT2D eigenvalue weighted by Crippen LogP contribution is -2.43. The highest BCUT2D eigenvalue weighted by Crippen LogP contribution is 2.44. The Morgan fingerprint density at radius 2 is 1.60 bits per heavy atom. The van der Waals surface area contributed by atoms with Crippen LogP contribution in [0.5, 0.6) is 0 Å². The van der Waals surface area contributed by atoms with Crippen LogP contribution in [0, 0.1) is 0 Å². The lowest BCUT2D eigenvalue weighted by molar-refractivity contribution is -0.145. The van der Waals surface area contributed by atoms with Crippen molar-refractivity contribution in [2.24, 2.45) is 0 Å². The number of benzene rings is 2. The van der Waals surface area contributed by atoms with Gasteiger partial charge in [-0.2, -0.15) is 13.2 Å². The van der Waals surface area contributed by atoms with Gasteiger partial charge >= 0.3 is 18.2 Å². The van der Waals surface area contributed by atoms with Gasteiger partial charge in [0.2, 0.25) is 0 Å². The molecule has 0 saturated heterocycles. The van der Waals surface area contributed by atoms with Gasteiger partial charge in [0.1, 0.15) is 12.6 Å². The second-order valence-corrected chi connectivity index (χ2v) is 7.28. The third kappa shape index (κ3) is 4.75. The predicted octanol–water partition coefficient (Wildman–Crippen LogP) is 5.05. The number of carbonyl (C=O) groups is 2. The van der Waals surface area contributed by atoms with Crippen molar-refractivity contribution in [2.45, 2.75) is 37.4 Å². The Morgan fingerprint density at radius 1 is 1.07 bits per heavy atom. The molecule has 2 aromatic rings. The van der Waals surface area contributed by atoms with E-state index in [1.807, 2.05) is 48.5 Å². The lowest BCUT2D eigenvalue weighted by atomic mass is 9.98. The van der Waals surface area contributed by atoms with Crippen molar-refractivity contribution in [3.63, 3.8) is 0 Å². The quantitative estimate of drug-likeness (QED) is 0.679. The summed E-state index contributed by atoms with van der Waals surface area (Å²) in [6.45, 7) is 0.00604. The van der Waals surface area contributed by atoms with E-state index in [0.717, 1.165) is 27.2 Å². The largest absolute Gasteiger partial charge is 0.480 e. The van der Waals surface area contributed by atoms with Crippen LogP contribution in [0.15, 0.2) is 48.5 Å². The minimum Gasteiger partial charge on any atom is -0.480 e. The monoisotopic (exact) mass is 421 g/mol. The summed E-state index contributed by atoms with van der Waals surface area (Å²) >= 11 is 0. The lowest BCUT2D eigenvalue weighted by Gasteiger charge is -2.25. The number of aliphatic carboxylic acids is 1. The molecule has 1 amide bonds. The first-order chi connectivity index (χ1) is 14.2. The molecule has 30 heavy (non-hydrogen) atoms. The van der Waals surface area contributed by atoms with Crippen LogP contribution >= 0.6 is 0 Å². The summed E-state index contributed by atoms with van der Waals surface area (Å²) in [5.41, 5.74) is 4.12. The van der Waals surface area contributed by atoms with Crippen LogP contribution < -0.4 is 0 Å². The van der Waals surface area contributed by atoms with E-state index in [4.69, 9.17) is 4.74 Å². The minimum absolute atomic E-state index is 0.00604. The predicted molar refractivity (Wildman–Crippen MR) is 104 cm³/mol. The van der Waals surface area contributed by atoms with Gasteiger partial charge < -0.3 is 9.84 Å². The number of amides is 1. The number of carboxylic acid groups (broad SMARTS) is 1. The summed E-state index contributed by atoms with van der Waals surface area (Å²) in [7, 11) is 1.23. The molecule has 0 spiro atoms. The molecule has 3 rings (SSSR count). The molecule has 160 valence electrons. The van der Waals surface area contributed by atoms with Crippen molar-refractivity contribution < 1.29 is 32.6 Å². The number of likely N-dealkylation sites (N-methyl/N-ethyl adjacent to an activating group) is 1. The van der Waals surface area contributed by atoms with Crippen LogP contribution in [0.25, 0.3) is 11.1 Å². The van der Waals surface area contributed by atoms with Crippen molar-refractivity contribution in [2.75, 3.05) is 13.7 Å². The van der Waals surface area contributed by atoms with E-state index in [2.05, 4.69) is 0 Å². The van der Waals surface area contributed by atoms with Gasteiger partial charge in [0, 0.05) is 19.4 Å². The Morgan fingerprint density at radius 3 is 2.10 bits per heavy atom. The Kier molecular flexibility index (Phi) is 6.34. The van der Waals surface area contributed by atoms with Crippen LogP contribution in [0.3, 0.4) is 0 Å². The van der Waals surface area contributed by atoms with E-state index in [9.17, 15) is 27.9 Å². The minimum atomic E-state index is -4.37. The van der Waals surface area contributed by atoms with Gasteiger partial charge in [-0.25, -0.2) is 9.59 Å². The molecular formula is C22H22F3NO4. The fourth-order valence-electron chi connectivity index (χ4n) is 3.80. The summed E-state index contributed by atoms with van der Waals surface area (Å²) in [5, 5.41) is 9.33. The van der Waals surface area contributed by atoms with Crippen molar-refractivity contribution in [3.05, 3.63) is 59.7 Å². The Labute approximate surface area is 172 Å². The fraction of sp³-hybridized carbons (Fsp3) is 0.364. The zero-order chi connectivity index (χ0) is 21.9. The highest BCUT2D eigenvalue weighted by atomic mass is 19.4. The number of ether oxygens (including phenoxy) is 1. The highest BCUT2D eigenvalue weighted by molar-refractivity contribution is 5.81. The summed E-state index contributed by atoms with van der Waals surface area (Å²) in [6, 6.07) is 14.1. The molecular weight excluding hydrogens is 399 g/mol. The standard InChI is InChI=1S/C22H22F3NO4/c1-26(19(20(27)28)11-6-12-22(23,24)25)21(29)30-13-18-16-9-4-2-7-14(16)15-8-3-5-10-17(15)18/h2-5,7-10,18-19H,6,11-13H2,1H3,(H,27,28)/t19-/m0/s1. The topological polar surface area (TPSA) is 66.8 Å². The summed E-state index contributed by atoms with van der Waals surface area (Å²) < 4.78 is 42.4. The molecule has 0 saturated carbocycles. The highest BCUT2D eigenvalue weighted by Gasteiger charge is 2.33. The van der Waals surface area contributed by atoms with Gasteiger partial charge in [-0.15, -0.1) is 0 Å².